The van der Waals surface area contributed by atoms with Crippen LogP contribution in [0.5, 0.6) is 5.75 Å². The predicted molar refractivity (Wildman–Crippen MR) is 115 cm³/mol. The number of benzene rings is 1. The molecule has 0 aliphatic heterocycles. The van der Waals surface area contributed by atoms with Crippen LogP contribution in [0.1, 0.15) is 28.8 Å². The van der Waals surface area contributed by atoms with Crippen molar-refractivity contribution >= 4 is 22.5 Å². The molecule has 0 bridgehead atoms. The number of pyridine rings is 2. The molecule has 3 heterocycles. The molecule has 1 aromatic carbocycles. The molecule has 7 nitrogen and oxygen atoms in total. The summed E-state index contributed by atoms with van der Waals surface area (Å²) in [4.78, 5) is 34.7. The Balaban J connectivity index is 1.56. The predicted octanol–water partition coefficient (Wildman–Crippen LogP) is 3.00. The summed E-state index contributed by atoms with van der Waals surface area (Å²) in [7, 11) is 1.48. The van der Waals surface area contributed by atoms with Crippen LogP contribution in [0, 0.1) is 0 Å². The Morgan fingerprint density at radius 1 is 1.13 bits per heavy atom. The molecule has 152 valence electrons. The molecule has 4 rings (SSSR count). The van der Waals surface area contributed by atoms with Crippen molar-refractivity contribution in [2.75, 3.05) is 13.7 Å². The summed E-state index contributed by atoms with van der Waals surface area (Å²) in [6, 6.07) is 12.7. The summed E-state index contributed by atoms with van der Waals surface area (Å²) in [5, 5.41) is 3.17. The van der Waals surface area contributed by atoms with Crippen LogP contribution in [0.25, 0.3) is 16.6 Å². The first-order chi connectivity index (χ1) is 14.7. The molecule has 0 aliphatic carbocycles. The fourth-order valence-electron chi connectivity index (χ4n) is 3.51. The highest BCUT2D eigenvalue weighted by molar-refractivity contribution is 6.08. The molecule has 3 aromatic heterocycles. The van der Waals surface area contributed by atoms with E-state index in [0.717, 1.165) is 19.3 Å². The first-order valence-electron chi connectivity index (χ1n) is 9.84. The van der Waals surface area contributed by atoms with Gasteiger partial charge in [0, 0.05) is 25.1 Å². The van der Waals surface area contributed by atoms with Gasteiger partial charge in [0.05, 0.1) is 23.6 Å². The number of carbonyl (C=O) groups is 1. The quantitative estimate of drug-likeness (QED) is 0.379. The third kappa shape index (κ3) is 3.87. The van der Waals surface area contributed by atoms with Gasteiger partial charge in [-0.3, -0.25) is 19.0 Å². The van der Waals surface area contributed by atoms with E-state index in [0.29, 0.717) is 23.5 Å². The van der Waals surface area contributed by atoms with E-state index < -0.39 is 0 Å². The largest absolute Gasteiger partial charge is 0.496 e. The highest BCUT2D eigenvalue weighted by Crippen LogP contribution is 2.25. The summed E-state index contributed by atoms with van der Waals surface area (Å²) in [6.45, 7) is 0.501. The van der Waals surface area contributed by atoms with Gasteiger partial charge in [-0.05, 0) is 55.2 Å². The molecule has 0 atom stereocenters. The van der Waals surface area contributed by atoms with Crippen molar-refractivity contribution in [1.29, 1.82) is 0 Å². The second-order valence-corrected chi connectivity index (χ2v) is 6.96. The molecule has 0 unspecified atom stereocenters. The molecule has 30 heavy (non-hydrogen) atoms. The van der Waals surface area contributed by atoms with Crippen LogP contribution in [-0.2, 0) is 6.42 Å². The van der Waals surface area contributed by atoms with E-state index in [1.54, 1.807) is 36.7 Å². The number of hydrogen-bond acceptors (Lipinski definition) is 5. The van der Waals surface area contributed by atoms with Crippen molar-refractivity contribution in [3.8, 4) is 5.75 Å². The fourth-order valence-corrected chi connectivity index (χ4v) is 3.51. The van der Waals surface area contributed by atoms with Gasteiger partial charge < -0.3 is 10.1 Å². The first kappa shape index (κ1) is 19.6. The van der Waals surface area contributed by atoms with E-state index in [4.69, 9.17) is 4.74 Å². The highest BCUT2D eigenvalue weighted by Gasteiger charge is 2.20. The van der Waals surface area contributed by atoms with Gasteiger partial charge in [0.1, 0.15) is 11.4 Å². The van der Waals surface area contributed by atoms with Crippen LogP contribution in [0.2, 0.25) is 0 Å². The van der Waals surface area contributed by atoms with Gasteiger partial charge in [-0.1, -0.05) is 12.1 Å². The van der Waals surface area contributed by atoms with Gasteiger partial charge in [-0.25, -0.2) is 4.98 Å². The van der Waals surface area contributed by atoms with Gasteiger partial charge in [0.25, 0.3) is 11.5 Å². The third-order valence-corrected chi connectivity index (χ3v) is 5.00. The van der Waals surface area contributed by atoms with Crippen LogP contribution in [0.4, 0.5) is 0 Å². The standard InChI is InChI=1S/C23H22N4O3/c1-30-18-11-10-17-20(23(29)27-14-5-3-9-19(27)26-17)21(18)22(28)25-13-4-2-7-16-8-6-12-24-15-16/h3,5-6,8-12,14-15H,2,4,7,13H2,1H3,(H,25,28). The van der Waals surface area contributed by atoms with Crippen LogP contribution in [-0.4, -0.2) is 33.9 Å². The second kappa shape index (κ2) is 8.73. The molecule has 0 radical (unpaired) electrons. The van der Waals surface area contributed by atoms with Gasteiger partial charge >= 0.3 is 0 Å². The van der Waals surface area contributed by atoms with Crippen molar-refractivity contribution in [3.63, 3.8) is 0 Å². The fraction of sp³-hybridized carbons (Fsp3) is 0.217. The number of carbonyl (C=O) groups excluding carboxylic acids is 1. The van der Waals surface area contributed by atoms with E-state index >= 15 is 0 Å². The highest BCUT2D eigenvalue weighted by atomic mass is 16.5. The van der Waals surface area contributed by atoms with Crippen molar-refractivity contribution in [2.24, 2.45) is 0 Å². The number of methoxy groups -OCH3 is 1. The lowest BCUT2D eigenvalue weighted by molar-refractivity contribution is 0.0951. The van der Waals surface area contributed by atoms with Gasteiger partial charge in [-0.15, -0.1) is 0 Å². The minimum Gasteiger partial charge on any atom is -0.496 e. The summed E-state index contributed by atoms with van der Waals surface area (Å²) >= 11 is 0. The molecule has 0 aliphatic rings. The number of hydrogen-bond donors (Lipinski definition) is 1. The van der Waals surface area contributed by atoms with Gasteiger partial charge in [0.2, 0.25) is 0 Å². The van der Waals surface area contributed by atoms with E-state index in [-0.39, 0.29) is 22.4 Å². The molecule has 1 N–H and O–H groups in total. The minimum atomic E-state index is -0.339. The summed E-state index contributed by atoms with van der Waals surface area (Å²) in [5.41, 5.74) is 2.09. The monoisotopic (exact) mass is 402 g/mol. The van der Waals surface area contributed by atoms with Crippen molar-refractivity contribution < 1.29 is 9.53 Å². The van der Waals surface area contributed by atoms with E-state index in [9.17, 15) is 9.59 Å². The molecular formula is C23H22N4O3. The number of nitrogens with zero attached hydrogens (tertiary/aromatic N) is 3. The number of ether oxygens (including phenoxy) is 1. The Hall–Kier alpha value is -3.74. The molecule has 1 amide bonds. The third-order valence-electron chi connectivity index (χ3n) is 5.00. The number of nitrogens with one attached hydrogen (secondary N) is 1. The Morgan fingerprint density at radius 3 is 2.83 bits per heavy atom. The van der Waals surface area contributed by atoms with Gasteiger partial charge in [-0.2, -0.15) is 0 Å². The Bertz CT molecular complexity index is 1250. The van der Waals surface area contributed by atoms with Crippen molar-refractivity contribution in [3.05, 3.63) is 82.5 Å². The minimum absolute atomic E-state index is 0.220. The Morgan fingerprint density at radius 2 is 2.03 bits per heavy atom. The smallest absolute Gasteiger partial charge is 0.266 e. The molecular weight excluding hydrogens is 380 g/mol. The summed E-state index contributed by atoms with van der Waals surface area (Å²) in [6.07, 6.45) is 7.88. The number of fused-ring (bicyclic) bond motifs is 2. The zero-order chi connectivity index (χ0) is 20.9. The number of unbranched alkanes of at least 4 members (excludes halogenated alkanes) is 1. The normalized spacial score (nSPS) is 11.0. The maximum Gasteiger partial charge on any atom is 0.266 e. The second-order valence-electron chi connectivity index (χ2n) is 6.96. The zero-order valence-corrected chi connectivity index (χ0v) is 16.7. The maximum atomic E-state index is 13.1. The van der Waals surface area contributed by atoms with E-state index in [1.807, 2.05) is 24.4 Å². The van der Waals surface area contributed by atoms with Gasteiger partial charge in [0.15, 0.2) is 0 Å². The Labute approximate surface area is 173 Å². The first-order valence-corrected chi connectivity index (χ1v) is 9.84. The number of rotatable bonds is 7. The average Bonchev–Trinajstić information content (AvgIpc) is 2.79. The van der Waals surface area contributed by atoms with Crippen molar-refractivity contribution in [2.45, 2.75) is 19.3 Å². The van der Waals surface area contributed by atoms with Crippen molar-refractivity contribution in [1.82, 2.24) is 19.7 Å². The molecule has 0 fully saturated rings. The van der Waals surface area contributed by atoms with E-state index in [1.165, 1.54) is 17.1 Å². The number of aryl methyl sites for hydroxylation is 1. The molecule has 7 heteroatoms. The van der Waals surface area contributed by atoms with Crippen LogP contribution < -0.4 is 15.6 Å². The molecule has 0 saturated carbocycles. The summed E-state index contributed by atoms with van der Waals surface area (Å²) < 4.78 is 6.82. The lowest BCUT2D eigenvalue weighted by atomic mass is 10.1. The maximum absolute atomic E-state index is 13.1. The molecule has 0 saturated heterocycles. The zero-order valence-electron chi connectivity index (χ0n) is 16.7. The van der Waals surface area contributed by atoms with Crippen LogP contribution in [0.3, 0.4) is 0 Å². The SMILES string of the molecule is COc1ccc2nc3ccccn3c(=O)c2c1C(=O)NCCCCc1cccnc1. The lowest BCUT2D eigenvalue weighted by Crippen LogP contribution is -2.27. The van der Waals surface area contributed by atoms with E-state index in [2.05, 4.69) is 15.3 Å². The van der Waals surface area contributed by atoms with Crippen LogP contribution in [0.15, 0.2) is 65.8 Å². The Kier molecular flexibility index (Phi) is 5.70. The summed E-state index contributed by atoms with van der Waals surface area (Å²) in [5.74, 6) is 0.0127. The number of aromatic nitrogens is 3. The number of amides is 1. The molecule has 0 spiro atoms. The molecule has 4 aromatic rings. The average molecular weight is 402 g/mol. The van der Waals surface area contributed by atoms with Crippen LogP contribution >= 0.6 is 0 Å². The lowest BCUT2D eigenvalue weighted by Gasteiger charge is -2.12. The topological polar surface area (TPSA) is 85.6 Å².